The maximum absolute atomic E-state index is 2.61. The quantitative estimate of drug-likeness (QED) is 0.215. The Labute approximate surface area is 410 Å². The molecule has 0 spiro atoms. The fourth-order valence-corrected chi connectivity index (χ4v) is 11.6. The summed E-state index contributed by atoms with van der Waals surface area (Å²) in [4.78, 5) is 0. The Morgan fingerprint density at radius 1 is 0.275 bits per heavy atom. The van der Waals surface area contributed by atoms with E-state index in [1.165, 1.54) is 143 Å². The number of hydrogen-bond donors (Lipinski definition) is 0. The van der Waals surface area contributed by atoms with Gasteiger partial charge in [-0.05, 0) is 97.9 Å². The maximum atomic E-state index is 2.61. The monoisotopic (exact) mass is 872 g/mol. The van der Waals surface area contributed by atoms with Crippen molar-refractivity contribution in [3.05, 3.63) is 200 Å². The Balaban J connectivity index is 1.14. The van der Waals surface area contributed by atoms with Gasteiger partial charge in [-0.15, -0.1) is 5.46 Å². The van der Waals surface area contributed by atoms with Crippen molar-refractivity contribution < 1.29 is 0 Å². The van der Waals surface area contributed by atoms with Crippen LogP contribution >= 0.6 is 0 Å². The number of nitrogens with zero attached hydrogens (tertiary/aromatic N) is 2. The van der Waals surface area contributed by atoms with Crippen molar-refractivity contribution in [2.45, 2.75) is 0 Å². The number of rotatable bonds is 7. The molecule has 0 N–H and O–H groups in total. The van der Waals surface area contributed by atoms with Gasteiger partial charge in [0.15, 0.2) is 0 Å². The van der Waals surface area contributed by atoms with E-state index in [1.54, 1.807) is 0 Å². The van der Waals surface area contributed by atoms with Gasteiger partial charge in [0, 0.05) is 38.4 Å². The molecular formula is C60H47B7N2. The van der Waals surface area contributed by atoms with Crippen molar-refractivity contribution in [3.8, 4) is 67.0 Å². The molecule has 2 aromatic heterocycles. The fourth-order valence-electron chi connectivity index (χ4n) is 11.6. The Hall–Kier alpha value is -7.75. The summed E-state index contributed by atoms with van der Waals surface area (Å²) in [7, 11) is 16.4. The highest BCUT2D eigenvalue weighted by Crippen LogP contribution is 2.42. The standard InChI is InChI=1S/C60H47B7N2/c61-52-48(53(62)57(66)59-50(52)51-54(63)55(64)56(65)58(67)60(51)69(59)45-24-11-10-22-42(45)37-18-8-3-9-19-37)40-28-31-46-44(33-40)49-43(39-21-12-20-38(32-39)35-16-6-2-7-17-35)23-13-25-47(49)68(46)41-29-26-36(27-30-41)34-14-4-1-5-15-34/h1-33H,61-67H2. The molecule has 12 rings (SSSR count). The molecule has 2 heterocycles. The van der Waals surface area contributed by atoms with Gasteiger partial charge in [0.2, 0.25) is 0 Å². The van der Waals surface area contributed by atoms with Crippen LogP contribution in [0.25, 0.3) is 111 Å². The highest BCUT2D eigenvalue weighted by molar-refractivity contribution is 6.69. The third kappa shape index (κ3) is 6.73. The van der Waals surface area contributed by atoms with Crippen molar-refractivity contribution >= 4 is 137 Å². The molecule has 0 saturated carbocycles. The Kier molecular flexibility index (Phi) is 10.4. The second-order valence-electron chi connectivity index (χ2n) is 19.0. The van der Waals surface area contributed by atoms with Crippen molar-refractivity contribution in [2.24, 2.45) is 0 Å². The van der Waals surface area contributed by atoms with Crippen LogP contribution in [0, 0.1) is 0 Å². The van der Waals surface area contributed by atoms with E-state index in [9.17, 15) is 0 Å². The zero-order valence-corrected chi connectivity index (χ0v) is 40.4. The fraction of sp³-hybridized carbons (Fsp3) is 0. The van der Waals surface area contributed by atoms with Crippen LogP contribution in [0.1, 0.15) is 0 Å². The van der Waals surface area contributed by atoms with E-state index in [0.717, 1.165) is 5.69 Å². The number of aromatic nitrogens is 2. The maximum Gasteiger partial charge on any atom is 0.141 e. The zero-order chi connectivity index (χ0) is 47.1. The first kappa shape index (κ1) is 42.6. The van der Waals surface area contributed by atoms with Gasteiger partial charge < -0.3 is 9.13 Å². The lowest BCUT2D eigenvalue weighted by atomic mass is 9.64. The summed E-state index contributed by atoms with van der Waals surface area (Å²) < 4.78 is 5.08. The normalized spacial score (nSPS) is 11.6. The molecule has 318 valence electrons. The molecule has 0 aliphatic heterocycles. The highest BCUT2D eigenvalue weighted by Gasteiger charge is 2.26. The molecule has 0 bridgehead atoms. The van der Waals surface area contributed by atoms with Gasteiger partial charge in [0.25, 0.3) is 0 Å². The Morgan fingerprint density at radius 2 is 0.783 bits per heavy atom. The van der Waals surface area contributed by atoms with Gasteiger partial charge in [0.1, 0.15) is 54.9 Å². The number of hydrogen-bond acceptors (Lipinski definition) is 0. The van der Waals surface area contributed by atoms with Crippen LogP contribution in [-0.2, 0) is 0 Å². The molecule has 0 amide bonds. The van der Waals surface area contributed by atoms with Crippen LogP contribution in [0.2, 0.25) is 0 Å². The molecule has 2 nitrogen and oxygen atoms in total. The lowest BCUT2D eigenvalue weighted by molar-refractivity contribution is 1.18. The number of benzene rings is 10. The minimum atomic E-state index is 1.14. The summed E-state index contributed by atoms with van der Waals surface area (Å²) in [5, 5.41) is 5.19. The van der Waals surface area contributed by atoms with Gasteiger partial charge in [-0.2, -0.15) is 0 Å². The van der Waals surface area contributed by atoms with Crippen LogP contribution in [-0.4, -0.2) is 64.1 Å². The summed E-state index contributed by atoms with van der Waals surface area (Å²) in [6.45, 7) is 0. The molecule has 0 saturated heterocycles. The molecule has 10 aromatic carbocycles. The molecule has 69 heavy (non-hydrogen) atoms. The smallest absolute Gasteiger partial charge is 0.141 e. The Morgan fingerprint density at radius 3 is 1.48 bits per heavy atom. The van der Waals surface area contributed by atoms with Crippen LogP contribution in [0.15, 0.2) is 200 Å². The summed E-state index contributed by atoms with van der Waals surface area (Å²) in [6.07, 6.45) is 0. The molecule has 0 aliphatic carbocycles. The molecular weight excluding hydrogens is 824 g/mol. The first-order valence-corrected chi connectivity index (χ1v) is 24.3. The van der Waals surface area contributed by atoms with Crippen LogP contribution in [0.4, 0.5) is 0 Å². The lowest BCUT2D eigenvalue weighted by Crippen LogP contribution is -2.48. The topological polar surface area (TPSA) is 9.86 Å². The van der Waals surface area contributed by atoms with Crippen LogP contribution in [0.3, 0.4) is 0 Å². The molecule has 0 radical (unpaired) electrons. The summed E-state index contributed by atoms with van der Waals surface area (Å²) in [5.41, 5.74) is 28.9. The van der Waals surface area contributed by atoms with E-state index in [4.69, 9.17) is 0 Å². The zero-order valence-electron chi connectivity index (χ0n) is 40.4. The lowest BCUT2D eigenvalue weighted by Gasteiger charge is -2.20. The average Bonchev–Trinajstić information content (AvgIpc) is 3.94. The highest BCUT2D eigenvalue weighted by atomic mass is 15.0. The van der Waals surface area contributed by atoms with Crippen molar-refractivity contribution in [3.63, 3.8) is 0 Å². The number of fused-ring (bicyclic) bond motifs is 6. The SMILES string of the molecule is Bc1c(B)c(B)c2c(c1B)c1c(B)c(-c3ccc4c(c3)c3c(-c5cccc(-c6ccccc6)c5)cccc3n4-c3ccc(-c4ccccc4)cc3)c(B)c(B)c1n2-c1ccccc1-c1ccccc1. The predicted molar refractivity (Wildman–Crippen MR) is 320 cm³/mol. The first-order valence-electron chi connectivity index (χ1n) is 24.3. The van der Waals surface area contributed by atoms with Gasteiger partial charge in [-0.1, -0.05) is 191 Å². The van der Waals surface area contributed by atoms with Gasteiger partial charge in [0.05, 0.1) is 16.7 Å². The minimum absolute atomic E-state index is 1.14. The summed E-state index contributed by atoms with van der Waals surface area (Å²) in [6, 6.07) is 73.5. The van der Waals surface area contributed by atoms with E-state index >= 15 is 0 Å². The van der Waals surface area contributed by atoms with E-state index < -0.39 is 0 Å². The minimum Gasteiger partial charge on any atom is -0.310 e. The molecule has 0 atom stereocenters. The van der Waals surface area contributed by atoms with E-state index in [0.29, 0.717) is 0 Å². The van der Waals surface area contributed by atoms with Gasteiger partial charge in [-0.3, -0.25) is 0 Å². The van der Waals surface area contributed by atoms with Gasteiger partial charge in [-0.25, -0.2) is 0 Å². The van der Waals surface area contributed by atoms with Crippen molar-refractivity contribution in [1.82, 2.24) is 9.13 Å². The van der Waals surface area contributed by atoms with Crippen LogP contribution < -0.4 is 38.2 Å². The number of para-hydroxylation sites is 1. The second-order valence-corrected chi connectivity index (χ2v) is 19.0. The van der Waals surface area contributed by atoms with Gasteiger partial charge >= 0.3 is 0 Å². The third-order valence-corrected chi connectivity index (χ3v) is 15.5. The molecule has 0 unspecified atom stereocenters. The van der Waals surface area contributed by atoms with Crippen LogP contribution in [0.5, 0.6) is 0 Å². The summed E-state index contributed by atoms with van der Waals surface area (Å²) in [5.74, 6) is 0. The molecule has 12 aromatic rings. The average molecular weight is 872 g/mol. The molecule has 9 heteroatoms. The van der Waals surface area contributed by atoms with E-state index in [2.05, 4.69) is 264 Å². The van der Waals surface area contributed by atoms with Crippen molar-refractivity contribution in [1.29, 1.82) is 0 Å². The molecule has 0 aliphatic rings. The second kappa shape index (κ2) is 16.8. The van der Waals surface area contributed by atoms with E-state index in [-0.39, 0.29) is 0 Å². The van der Waals surface area contributed by atoms with Crippen molar-refractivity contribution in [2.75, 3.05) is 0 Å². The predicted octanol–water partition coefficient (Wildman–Crippen LogP) is 4.02. The Bertz CT molecular complexity index is 4010. The largest absolute Gasteiger partial charge is 0.310 e. The first-order chi connectivity index (χ1) is 33.7. The summed E-state index contributed by atoms with van der Waals surface area (Å²) >= 11 is 0. The third-order valence-electron chi connectivity index (χ3n) is 15.5. The van der Waals surface area contributed by atoms with E-state index in [1.807, 2.05) is 0 Å². The molecule has 0 fully saturated rings.